The fraction of sp³-hybridized carbons (Fsp3) is 0.733. The van der Waals surface area contributed by atoms with E-state index in [1.165, 1.54) is 26.3 Å². The number of alkyl halides is 3. The zero-order chi connectivity index (χ0) is 16.9. The van der Waals surface area contributed by atoms with Crippen molar-refractivity contribution in [3.8, 4) is 0 Å². The predicted molar refractivity (Wildman–Crippen MR) is 81.8 cm³/mol. The van der Waals surface area contributed by atoms with Gasteiger partial charge < -0.3 is 5.32 Å². The molecular weight excluding hydrogens is 375 g/mol. The van der Waals surface area contributed by atoms with Crippen molar-refractivity contribution >= 4 is 21.8 Å². The number of nitrogens with zero attached hydrogens (tertiary/aromatic N) is 2. The maximum Gasteiger partial charge on any atom is 0.436 e. The molecule has 0 aromatic carbocycles. The van der Waals surface area contributed by atoms with Crippen LogP contribution < -0.4 is 5.32 Å². The van der Waals surface area contributed by atoms with Gasteiger partial charge in [0.15, 0.2) is 5.69 Å². The third-order valence-corrected chi connectivity index (χ3v) is 6.02. The van der Waals surface area contributed by atoms with Gasteiger partial charge >= 0.3 is 6.18 Å². The molecule has 1 aromatic rings. The van der Waals surface area contributed by atoms with Crippen molar-refractivity contribution in [1.29, 1.82) is 0 Å². The number of nitrogens with one attached hydrogen (secondary N) is 1. The minimum absolute atomic E-state index is 0.0473. The molecule has 0 aliphatic heterocycles. The molecule has 1 aromatic heterocycles. The number of fused-ring (bicyclic) bond motifs is 2. The number of rotatable bonds is 3. The number of carbonyl (C=O) groups is 1. The molecule has 3 rings (SSSR count). The second-order valence-corrected chi connectivity index (χ2v) is 7.53. The summed E-state index contributed by atoms with van der Waals surface area (Å²) in [6, 6.07) is -0.0473. The van der Waals surface area contributed by atoms with E-state index in [1.807, 2.05) is 6.92 Å². The van der Waals surface area contributed by atoms with Crippen LogP contribution in [0.3, 0.4) is 0 Å². The van der Waals surface area contributed by atoms with E-state index in [-0.39, 0.29) is 16.2 Å². The maximum atomic E-state index is 12.9. The van der Waals surface area contributed by atoms with E-state index in [2.05, 4.69) is 26.3 Å². The summed E-state index contributed by atoms with van der Waals surface area (Å²) in [5.74, 6) is 1.30. The van der Waals surface area contributed by atoms with Gasteiger partial charge in [-0.1, -0.05) is 6.42 Å². The Labute approximate surface area is 140 Å². The van der Waals surface area contributed by atoms with E-state index in [0.29, 0.717) is 11.8 Å². The van der Waals surface area contributed by atoms with Crippen molar-refractivity contribution in [1.82, 2.24) is 15.1 Å². The van der Waals surface area contributed by atoms with Crippen LogP contribution in [-0.2, 0) is 13.2 Å². The summed E-state index contributed by atoms with van der Waals surface area (Å²) in [6.07, 6.45) is 0.198. The molecule has 2 aliphatic carbocycles. The Kier molecular flexibility index (Phi) is 4.23. The lowest BCUT2D eigenvalue weighted by atomic mass is 9.84. The standard InChI is InChI=1S/C15H19BrF3N3O/c1-7(10-6-8-3-4-9(10)5-8)20-14(23)12-11(16)13(15(17,18)19)21-22(12)2/h7-10H,3-6H2,1-2H3,(H,20,23)/t7-,8+,9+,10-/m0/s1. The summed E-state index contributed by atoms with van der Waals surface area (Å²) in [6.45, 7) is 1.94. The van der Waals surface area contributed by atoms with Gasteiger partial charge in [0.2, 0.25) is 0 Å². The second kappa shape index (κ2) is 5.79. The molecular formula is C15H19BrF3N3O. The van der Waals surface area contributed by atoms with E-state index >= 15 is 0 Å². The number of carbonyl (C=O) groups excluding carboxylic acids is 1. The molecule has 1 heterocycles. The van der Waals surface area contributed by atoms with Crippen LogP contribution in [0.2, 0.25) is 0 Å². The van der Waals surface area contributed by atoms with Crippen molar-refractivity contribution < 1.29 is 18.0 Å². The first-order valence-corrected chi connectivity index (χ1v) is 8.58. The lowest BCUT2D eigenvalue weighted by molar-refractivity contribution is -0.142. The van der Waals surface area contributed by atoms with Gasteiger partial charge in [-0.2, -0.15) is 18.3 Å². The fourth-order valence-electron chi connectivity index (χ4n) is 4.21. The first-order chi connectivity index (χ1) is 10.7. The zero-order valence-electron chi connectivity index (χ0n) is 13.0. The van der Waals surface area contributed by atoms with E-state index < -0.39 is 17.8 Å². The van der Waals surface area contributed by atoms with E-state index in [9.17, 15) is 18.0 Å². The smallest absolute Gasteiger partial charge is 0.348 e. The van der Waals surface area contributed by atoms with E-state index in [4.69, 9.17) is 0 Å². The first kappa shape index (κ1) is 16.8. The molecule has 0 radical (unpaired) electrons. The van der Waals surface area contributed by atoms with Crippen LogP contribution in [0.15, 0.2) is 4.47 Å². The van der Waals surface area contributed by atoms with Crippen molar-refractivity contribution in [3.63, 3.8) is 0 Å². The van der Waals surface area contributed by atoms with Crippen LogP contribution in [0.25, 0.3) is 0 Å². The van der Waals surface area contributed by atoms with Crippen LogP contribution in [-0.4, -0.2) is 21.7 Å². The molecule has 4 atom stereocenters. The SMILES string of the molecule is C[C@H](NC(=O)c1c(Br)c(C(F)(F)F)nn1C)[C@@H]1C[C@@H]2CC[C@@H]1C2. The Morgan fingerprint density at radius 3 is 2.57 bits per heavy atom. The number of amides is 1. The Balaban J connectivity index is 1.75. The van der Waals surface area contributed by atoms with Gasteiger partial charge in [0.25, 0.3) is 5.91 Å². The van der Waals surface area contributed by atoms with Gasteiger partial charge in [0.05, 0.1) is 4.47 Å². The van der Waals surface area contributed by atoms with Crippen molar-refractivity contribution in [3.05, 3.63) is 15.9 Å². The van der Waals surface area contributed by atoms with Crippen LogP contribution in [0.5, 0.6) is 0 Å². The minimum Gasteiger partial charge on any atom is -0.348 e. The fourth-order valence-corrected chi connectivity index (χ4v) is 4.96. The quantitative estimate of drug-likeness (QED) is 0.849. The molecule has 23 heavy (non-hydrogen) atoms. The molecule has 0 spiro atoms. The van der Waals surface area contributed by atoms with E-state index in [0.717, 1.165) is 17.0 Å². The third-order valence-electron chi connectivity index (χ3n) is 5.27. The Morgan fingerprint density at radius 2 is 2.09 bits per heavy atom. The van der Waals surface area contributed by atoms with Crippen LogP contribution in [0.1, 0.15) is 48.8 Å². The highest BCUT2D eigenvalue weighted by Gasteiger charge is 2.43. The molecule has 1 amide bonds. The van der Waals surface area contributed by atoms with Gasteiger partial charge in [0, 0.05) is 13.1 Å². The van der Waals surface area contributed by atoms with Crippen LogP contribution in [0.4, 0.5) is 13.2 Å². The maximum absolute atomic E-state index is 12.9. The average molecular weight is 394 g/mol. The number of hydrogen-bond acceptors (Lipinski definition) is 2. The summed E-state index contributed by atoms with van der Waals surface area (Å²) in [5.41, 5.74) is -1.16. The third kappa shape index (κ3) is 3.02. The minimum atomic E-state index is -4.59. The summed E-state index contributed by atoms with van der Waals surface area (Å²) >= 11 is 2.88. The van der Waals surface area contributed by atoms with Gasteiger partial charge in [0.1, 0.15) is 5.69 Å². The van der Waals surface area contributed by atoms with Gasteiger partial charge in [-0.05, 0) is 59.9 Å². The van der Waals surface area contributed by atoms with E-state index in [1.54, 1.807) is 0 Å². The lowest BCUT2D eigenvalue weighted by Crippen LogP contribution is -2.40. The Morgan fingerprint density at radius 1 is 1.39 bits per heavy atom. The average Bonchev–Trinajstić information content (AvgIpc) is 3.12. The molecule has 8 heteroatoms. The topological polar surface area (TPSA) is 46.9 Å². The molecule has 2 fully saturated rings. The van der Waals surface area contributed by atoms with Crippen molar-refractivity contribution in [2.45, 2.75) is 44.8 Å². The summed E-state index contributed by atoms with van der Waals surface area (Å²) in [5, 5.41) is 6.30. The highest BCUT2D eigenvalue weighted by molar-refractivity contribution is 9.10. The molecule has 4 nitrogen and oxygen atoms in total. The monoisotopic (exact) mass is 393 g/mol. The Hall–Kier alpha value is -1.05. The van der Waals surface area contributed by atoms with Gasteiger partial charge in [-0.3, -0.25) is 9.48 Å². The summed E-state index contributed by atoms with van der Waals surface area (Å²) in [7, 11) is 1.34. The molecule has 0 saturated heterocycles. The van der Waals surface area contributed by atoms with Crippen LogP contribution >= 0.6 is 15.9 Å². The number of hydrogen-bond donors (Lipinski definition) is 1. The predicted octanol–water partition coefficient (Wildman–Crippen LogP) is 3.76. The Bertz CT molecular complexity index is 628. The number of aromatic nitrogens is 2. The molecule has 128 valence electrons. The molecule has 2 aliphatic rings. The van der Waals surface area contributed by atoms with Gasteiger partial charge in [-0.15, -0.1) is 0 Å². The zero-order valence-corrected chi connectivity index (χ0v) is 14.5. The highest BCUT2D eigenvalue weighted by Crippen LogP contribution is 2.49. The molecule has 0 unspecified atom stereocenters. The summed E-state index contributed by atoms with van der Waals surface area (Å²) < 4.78 is 39.3. The lowest BCUT2D eigenvalue weighted by Gasteiger charge is -2.28. The number of aryl methyl sites for hydroxylation is 1. The largest absolute Gasteiger partial charge is 0.436 e. The first-order valence-electron chi connectivity index (χ1n) is 7.79. The molecule has 1 N–H and O–H groups in total. The van der Waals surface area contributed by atoms with Crippen molar-refractivity contribution in [2.24, 2.45) is 24.8 Å². The highest BCUT2D eigenvalue weighted by atomic mass is 79.9. The summed E-state index contributed by atoms with van der Waals surface area (Å²) in [4.78, 5) is 12.4. The van der Waals surface area contributed by atoms with Crippen LogP contribution in [0, 0.1) is 17.8 Å². The van der Waals surface area contributed by atoms with Crippen molar-refractivity contribution in [2.75, 3.05) is 0 Å². The molecule has 2 bridgehead atoms. The molecule has 2 saturated carbocycles. The number of halogens is 4. The second-order valence-electron chi connectivity index (χ2n) is 6.73. The normalized spacial score (nSPS) is 28.2. The van der Waals surface area contributed by atoms with Gasteiger partial charge in [-0.25, -0.2) is 0 Å².